The van der Waals surface area contributed by atoms with E-state index in [-0.39, 0.29) is 0 Å². The predicted molar refractivity (Wildman–Crippen MR) is 48.8 cm³/mol. The molecular formula is C10H19NO. The van der Waals surface area contributed by atoms with Crippen molar-refractivity contribution >= 4 is 0 Å². The summed E-state index contributed by atoms with van der Waals surface area (Å²) < 4.78 is 5.55. The van der Waals surface area contributed by atoms with Gasteiger partial charge in [0, 0.05) is 12.6 Å². The summed E-state index contributed by atoms with van der Waals surface area (Å²) in [6.45, 7) is 7.66. The SMILES string of the molecule is CC1OCCC1C1C(N)C1(C)C. The summed E-state index contributed by atoms with van der Waals surface area (Å²) in [5, 5.41) is 0. The Morgan fingerprint density at radius 1 is 1.42 bits per heavy atom. The van der Waals surface area contributed by atoms with Crippen molar-refractivity contribution in [2.24, 2.45) is 23.0 Å². The zero-order valence-electron chi connectivity index (χ0n) is 8.21. The highest BCUT2D eigenvalue weighted by atomic mass is 16.5. The Labute approximate surface area is 74.5 Å². The Hall–Kier alpha value is -0.0800. The average Bonchev–Trinajstić information content (AvgIpc) is 2.39. The van der Waals surface area contributed by atoms with Crippen LogP contribution in [0.2, 0.25) is 0 Å². The lowest BCUT2D eigenvalue weighted by molar-refractivity contribution is 0.0972. The maximum absolute atomic E-state index is 6.03. The van der Waals surface area contributed by atoms with Gasteiger partial charge in [-0.25, -0.2) is 0 Å². The minimum atomic E-state index is 0.368. The predicted octanol–water partition coefficient (Wildman–Crippen LogP) is 1.39. The smallest absolute Gasteiger partial charge is 0.0579 e. The van der Waals surface area contributed by atoms with Crippen LogP contribution in [-0.4, -0.2) is 18.8 Å². The summed E-state index contributed by atoms with van der Waals surface area (Å²) in [5.41, 5.74) is 6.40. The van der Waals surface area contributed by atoms with Crippen LogP contribution in [0.1, 0.15) is 27.2 Å². The van der Waals surface area contributed by atoms with Gasteiger partial charge in [0.2, 0.25) is 0 Å². The first-order valence-corrected chi connectivity index (χ1v) is 4.92. The molecule has 1 aliphatic heterocycles. The van der Waals surface area contributed by atoms with E-state index in [4.69, 9.17) is 10.5 Å². The van der Waals surface area contributed by atoms with Gasteiger partial charge in [0.25, 0.3) is 0 Å². The molecule has 1 heterocycles. The van der Waals surface area contributed by atoms with Gasteiger partial charge in [0.15, 0.2) is 0 Å². The number of hydrogen-bond donors (Lipinski definition) is 1. The standard InChI is InChI=1S/C10H19NO/c1-6-7(4-5-12-6)8-9(11)10(8,2)3/h6-9H,4-5,11H2,1-3H3. The molecule has 4 atom stereocenters. The van der Waals surface area contributed by atoms with Crippen molar-refractivity contribution in [3.8, 4) is 0 Å². The van der Waals surface area contributed by atoms with Gasteiger partial charge in [-0.3, -0.25) is 0 Å². The first kappa shape index (κ1) is 8.52. The van der Waals surface area contributed by atoms with Gasteiger partial charge in [0.05, 0.1) is 6.10 Å². The molecule has 0 bridgehead atoms. The van der Waals surface area contributed by atoms with Crippen molar-refractivity contribution in [1.82, 2.24) is 0 Å². The third kappa shape index (κ3) is 1.01. The normalized spacial score (nSPS) is 51.0. The molecule has 1 saturated heterocycles. The van der Waals surface area contributed by atoms with Gasteiger partial charge in [-0.1, -0.05) is 13.8 Å². The molecule has 0 aromatic rings. The molecule has 0 spiro atoms. The second-order valence-electron chi connectivity index (χ2n) is 4.90. The summed E-state index contributed by atoms with van der Waals surface area (Å²) in [6.07, 6.45) is 1.64. The van der Waals surface area contributed by atoms with E-state index in [2.05, 4.69) is 20.8 Å². The molecule has 2 nitrogen and oxygen atoms in total. The zero-order chi connectivity index (χ0) is 8.93. The molecule has 0 amide bonds. The van der Waals surface area contributed by atoms with Crippen molar-refractivity contribution in [3.63, 3.8) is 0 Å². The maximum atomic E-state index is 6.03. The second-order valence-corrected chi connectivity index (χ2v) is 4.90. The Balaban J connectivity index is 2.03. The summed E-state index contributed by atoms with van der Waals surface area (Å²) in [7, 11) is 0. The van der Waals surface area contributed by atoms with E-state index in [0.717, 1.165) is 12.5 Å². The monoisotopic (exact) mass is 169 g/mol. The van der Waals surface area contributed by atoms with E-state index in [9.17, 15) is 0 Å². The maximum Gasteiger partial charge on any atom is 0.0579 e. The van der Waals surface area contributed by atoms with Gasteiger partial charge in [0.1, 0.15) is 0 Å². The van der Waals surface area contributed by atoms with Crippen LogP contribution in [0.15, 0.2) is 0 Å². The van der Waals surface area contributed by atoms with Gasteiger partial charge in [-0.2, -0.15) is 0 Å². The molecule has 0 aromatic carbocycles. The Morgan fingerprint density at radius 2 is 2.00 bits per heavy atom. The van der Waals surface area contributed by atoms with Crippen molar-refractivity contribution in [1.29, 1.82) is 0 Å². The highest BCUT2D eigenvalue weighted by Gasteiger charge is 2.60. The number of hydrogen-bond acceptors (Lipinski definition) is 2. The molecular weight excluding hydrogens is 150 g/mol. The second kappa shape index (κ2) is 2.46. The van der Waals surface area contributed by atoms with E-state index in [1.165, 1.54) is 6.42 Å². The fourth-order valence-corrected chi connectivity index (χ4v) is 2.76. The largest absolute Gasteiger partial charge is 0.378 e. The fourth-order valence-electron chi connectivity index (χ4n) is 2.76. The van der Waals surface area contributed by atoms with Crippen molar-refractivity contribution in [2.45, 2.75) is 39.3 Å². The van der Waals surface area contributed by atoms with E-state index in [1.54, 1.807) is 0 Å². The summed E-state index contributed by atoms with van der Waals surface area (Å²) in [4.78, 5) is 0. The van der Waals surface area contributed by atoms with Crippen LogP contribution in [0.3, 0.4) is 0 Å². The molecule has 0 aromatic heterocycles. The Bertz CT molecular complexity index is 186. The first-order valence-electron chi connectivity index (χ1n) is 4.92. The molecule has 1 saturated carbocycles. The van der Waals surface area contributed by atoms with Crippen LogP contribution in [0.5, 0.6) is 0 Å². The van der Waals surface area contributed by atoms with E-state index in [0.29, 0.717) is 23.5 Å². The summed E-state index contributed by atoms with van der Waals surface area (Å²) in [5.74, 6) is 1.42. The molecule has 70 valence electrons. The molecule has 2 fully saturated rings. The average molecular weight is 169 g/mol. The molecule has 12 heavy (non-hydrogen) atoms. The van der Waals surface area contributed by atoms with E-state index in [1.807, 2.05) is 0 Å². The van der Waals surface area contributed by atoms with Crippen LogP contribution < -0.4 is 5.73 Å². The van der Waals surface area contributed by atoms with Crippen LogP contribution in [0, 0.1) is 17.3 Å². The number of nitrogens with two attached hydrogens (primary N) is 1. The van der Waals surface area contributed by atoms with Crippen molar-refractivity contribution < 1.29 is 4.74 Å². The van der Waals surface area contributed by atoms with E-state index >= 15 is 0 Å². The van der Waals surface area contributed by atoms with Gasteiger partial charge >= 0.3 is 0 Å². The molecule has 2 aliphatic rings. The van der Waals surface area contributed by atoms with Crippen LogP contribution >= 0.6 is 0 Å². The van der Waals surface area contributed by atoms with Crippen LogP contribution in [0.25, 0.3) is 0 Å². The number of ether oxygens (including phenoxy) is 1. The lowest BCUT2D eigenvalue weighted by atomic mass is 9.92. The summed E-state index contributed by atoms with van der Waals surface area (Å²) >= 11 is 0. The topological polar surface area (TPSA) is 35.2 Å². The Kier molecular flexibility index (Phi) is 1.74. The minimum Gasteiger partial charge on any atom is -0.378 e. The molecule has 2 N–H and O–H groups in total. The molecule has 1 aliphatic carbocycles. The van der Waals surface area contributed by atoms with Crippen LogP contribution in [0.4, 0.5) is 0 Å². The lowest BCUT2D eigenvalue weighted by Crippen LogP contribution is -2.17. The van der Waals surface area contributed by atoms with Crippen LogP contribution in [-0.2, 0) is 4.74 Å². The summed E-state index contributed by atoms with van der Waals surface area (Å²) in [6, 6.07) is 0.409. The highest BCUT2D eigenvalue weighted by Crippen LogP contribution is 2.57. The third-order valence-electron chi connectivity index (χ3n) is 3.89. The highest BCUT2D eigenvalue weighted by molar-refractivity contribution is 5.12. The molecule has 2 heteroatoms. The fraction of sp³-hybridized carbons (Fsp3) is 1.00. The lowest BCUT2D eigenvalue weighted by Gasteiger charge is -2.14. The van der Waals surface area contributed by atoms with Crippen molar-refractivity contribution in [2.75, 3.05) is 6.61 Å². The number of rotatable bonds is 1. The third-order valence-corrected chi connectivity index (χ3v) is 3.89. The quantitative estimate of drug-likeness (QED) is 0.644. The van der Waals surface area contributed by atoms with Gasteiger partial charge in [-0.15, -0.1) is 0 Å². The molecule has 2 rings (SSSR count). The van der Waals surface area contributed by atoms with Gasteiger partial charge < -0.3 is 10.5 Å². The Morgan fingerprint density at radius 3 is 2.33 bits per heavy atom. The molecule has 4 unspecified atom stereocenters. The zero-order valence-corrected chi connectivity index (χ0v) is 8.21. The van der Waals surface area contributed by atoms with E-state index < -0.39 is 0 Å². The first-order chi connectivity index (χ1) is 5.55. The van der Waals surface area contributed by atoms with Gasteiger partial charge in [-0.05, 0) is 30.6 Å². The van der Waals surface area contributed by atoms with Crippen molar-refractivity contribution in [3.05, 3.63) is 0 Å². The minimum absolute atomic E-state index is 0.368. The molecule has 0 radical (unpaired) electrons.